The Balaban J connectivity index is 2.31. The highest BCUT2D eigenvalue weighted by molar-refractivity contribution is 5.48. The molecule has 5 heteroatoms. The highest BCUT2D eigenvalue weighted by Crippen LogP contribution is 2.29. The van der Waals surface area contributed by atoms with Crippen molar-refractivity contribution in [2.75, 3.05) is 18.8 Å². The first-order chi connectivity index (χ1) is 7.59. The van der Waals surface area contributed by atoms with Gasteiger partial charge in [-0.2, -0.15) is 0 Å². The summed E-state index contributed by atoms with van der Waals surface area (Å²) in [5.41, 5.74) is 5.45. The quantitative estimate of drug-likeness (QED) is 0.756. The van der Waals surface area contributed by atoms with Crippen LogP contribution in [-0.2, 0) is 0 Å². The number of nitrogen functional groups attached to an aromatic ring is 1. The third-order valence-corrected chi connectivity index (χ3v) is 2.87. The van der Waals surface area contributed by atoms with Gasteiger partial charge in [0.1, 0.15) is 17.9 Å². The Hall–Kier alpha value is -1.20. The summed E-state index contributed by atoms with van der Waals surface area (Å²) in [6.45, 7) is 1.41. The highest BCUT2D eigenvalue weighted by atomic mass is 19.1. The number of nitrogens with two attached hydrogens (primary N) is 1. The van der Waals surface area contributed by atoms with Crippen LogP contribution in [0.2, 0.25) is 0 Å². The topological polar surface area (TPSA) is 49.5 Å². The lowest BCUT2D eigenvalue weighted by atomic mass is 10.1. The fraction of sp³-hybridized carbons (Fsp3) is 0.455. The fourth-order valence-electron chi connectivity index (χ4n) is 2.05. The number of benzene rings is 1. The van der Waals surface area contributed by atoms with E-state index < -0.39 is 17.9 Å². The van der Waals surface area contributed by atoms with Crippen LogP contribution in [0.25, 0.3) is 0 Å². The SMILES string of the molecule is Nc1cc(F)cc(F)c1C(O)N1CCCC1. The Labute approximate surface area is 92.5 Å². The average molecular weight is 228 g/mol. The first-order valence-corrected chi connectivity index (χ1v) is 5.26. The molecule has 1 heterocycles. The number of rotatable bonds is 2. The number of aliphatic hydroxyl groups is 1. The Kier molecular flexibility index (Phi) is 3.07. The van der Waals surface area contributed by atoms with Gasteiger partial charge < -0.3 is 10.8 Å². The molecule has 88 valence electrons. The Bertz CT molecular complexity index is 369. The summed E-state index contributed by atoms with van der Waals surface area (Å²) in [7, 11) is 0. The van der Waals surface area contributed by atoms with Crippen molar-refractivity contribution in [1.82, 2.24) is 4.90 Å². The van der Waals surface area contributed by atoms with E-state index in [2.05, 4.69) is 0 Å². The summed E-state index contributed by atoms with van der Waals surface area (Å²) in [5, 5.41) is 9.96. The van der Waals surface area contributed by atoms with Crippen molar-refractivity contribution in [3.63, 3.8) is 0 Å². The first kappa shape index (κ1) is 11.3. The molecule has 1 atom stereocenters. The number of likely N-dealkylation sites (tertiary alicyclic amines) is 1. The van der Waals surface area contributed by atoms with Crippen molar-refractivity contribution in [3.05, 3.63) is 29.3 Å². The summed E-state index contributed by atoms with van der Waals surface area (Å²) in [4.78, 5) is 1.73. The van der Waals surface area contributed by atoms with Gasteiger partial charge in [-0.05, 0) is 18.9 Å². The van der Waals surface area contributed by atoms with E-state index in [0.29, 0.717) is 13.1 Å². The van der Waals surface area contributed by atoms with E-state index in [1.54, 1.807) is 4.90 Å². The Morgan fingerprint density at radius 3 is 2.44 bits per heavy atom. The first-order valence-electron chi connectivity index (χ1n) is 5.26. The van der Waals surface area contributed by atoms with Gasteiger partial charge in [-0.1, -0.05) is 0 Å². The van der Waals surface area contributed by atoms with E-state index in [0.717, 1.165) is 25.0 Å². The zero-order valence-corrected chi connectivity index (χ0v) is 8.79. The molecule has 1 aliphatic rings. The molecule has 1 fully saturated rings. The third-order valence-electron chi connectivity index (χ3n) is 2.87. The van der Waals surface area contributed by atoms with Gasteiger partial charge in [0.2, 0.25) is 0 Å². The second-order valence-electron chi connectivity index (χ2n) is 4.01. The molecular weight excluding hydrogens is 214 g/mol. The van der Waals surface area contributed by atoms with Gasteiger partial charge in [-0.25, -0.2) is 8.78 Å². The van der Waals surface area contributed by atoms with Crippen LogP contribution in [0.15, 0.2) is 12.1 Å². The summed E-state index contributed by atoms with van der Waals surface area (Å²) in [6, 6.07) is 1.77. The minimum absolute atomic E-state index is 0.0247. The third kappa shape index (κ3) is 2.01. The Morgan fingerprint density at radius 2 is 1.88 bits per heavy atom. The molecule has 3 N–H and O–H groups in total. The van der Waals surface area contributed by atoms with Crippen molar-refractivity contribution in [2.45, 2.75) is 19.1 Å². The van der Waals surface area contributed by atoms with Crippen molar-refractivity contribution in [3.8, 4) is 0 Å². The van der Waals surface area contributed by atoms with Crippen LogP contribution in [0, 0.1) is 11.6 Å². The minimum atomic E-state index is -1.08. The summed E-state index contributed by atoms with van der Waals surface area (Å²) in [6.07, 6.45) is 0.864. The molecule has 3 nitrogen and oxygen atoms in total. The zero-order valence-electron chi connectivity index (χ0n) is 8.79. The molecular formula is C11H14F2N2O. The largest absolute Gasteiger partial charge is 0.398 e. The summed E-state index contributed by atoms with van der Waals surface area (Å²) in [5.74, 6) is -1.52. The molecule has 0 spiro atoms. The normalized spacial score (nSPS) is 18.9. The van der Waals surface area contributed by atoms with Crippen LogP contribution in [0.4, 0.5) is 14.5 Å². The van der Waals surface area contributed by atoms with Crippen LogP contribution in [0.5, 0.6) is 0 Å². The van der Waals surface area contributed by atoms with Gasteiger partial charge in [-0.3, -0.25) is 4.90 Å². The van der Waals surface area contributed by atoms with Gasteiger partial charge in [0.25, 0.3) is 0 Å². The van der Waals surface area contributed by atoms with Gasteiger partial charge in [-0.15, -0.1) is 0 Å². The molecule has 1 unspecified atom stereocenters. The predicted molar refractivity (Wildman–Crippen MR) is 56.5 cm³/mol. The average Bonchev–Trinajstić information content (AvgIpc) is 2.67. The van der Waals surface area contributed by atoms with Crippen LogP contribution in [0.3, 0.4) is 0 Å². The second-order valence-corrected chi connectivity index (χ2v) is 4.01. The number of anilines is 1. The molecule has 1 aromatic carbocycles. The maximum Gasteiger partial charge on any atom is 0.138 e. The zero-order chi connectivity index (χ0) is 11.7. The Morgan fingerprint density at radius 1 is 1.25 bits per heavy atom. The predicted octanol–water partition coefficient (Wildman–Crippen LogP) is 1.63. The number of aliphatic hydroxyl groups excluding tert-OH is 1. The van der Waals surface area contributed by atoms with Gasteiger partial charge in [0.15, 0.2) is 0 Å². The van der Waals surface area contributed by atoms with Crippen LogP contribution >= 0.6 is 0 Å². The van der Waals surface area contributed by atoms with E-state index in [4.69, 9.17) is 5.73 Å². The monoisotopic (exact) mass is 228 g/mol. The number of halogens is 2. The highest BCUT2D eigenvalue weighted by Gasteiger charge is 2.25. The molecule has 0 bridgehead atoms. The number of hydrogen-bond donors (Lipinski definition) is 2. The van der Waals surface area contributed by atoms with Crippen molar-refractivity contribution in [1.29, 1.82) is 0 Å². The van der Waals surface area contributed by atoms with Crippen molar-refractivity contribution >= 4 is 5.69 Å². The molecule has 1 aliphatic heterocycles. The van der Waals surface area contributed by atoms with E-state index in [9.17, 15) is 13.9 Å². The smallest absolute Gasteiger partial charge is 0.138 e. The number of nitrogens with zero attached hydrogens (tertiary/aromatic N) is 1. The molecule has 16 heavy (non-hydrogen) atoms. The van der Waals surface area contributed by atoms with Crippen molar-refractivity contribution in [2.24, 2.45) is 0 Å². The van der Waals surface area contributed by atoms with E-state index >= 15 is 0 Å². The van der Waals surface area contributed by atoms with E-state index in [1.165, 1.54) is 0 Å². The standard InChI is InChI=1S/C11H14F2N2O/c12-7-5-8(13)10(9(14)6-7)11(16)15-3-1-2-4-15/h5-6,11,16H,1-4,14H2. The van der Waals surface area contributed by atoms with Crippen LogP contribution in [0.1, 0.15) is 24.6 Å². The molecule has 0 aliphatic carbocycles. The van der Waals surface area contributed by atoms with Crippen LogP contribution in [-0.4, -0.2) is 23.1 Å². The lowest BCUT2D eigenvalue weighted by molar-refractivity contribution is 0.0168. The lowest BCUT2D eigenvalue weighted by Gasteiger charge is -2.24. The summed E-state index contributed by atoms with van der Waals surface area (Å²) < 4.78 is 26.3. The maximum atomic E-state index is 13.5. The van der Waals surface area contributed by atoms with E-state index in [1.807, 2.05) is 0 Å². The molecule has 1 aromatic rings. The van der Waals surface area contributed by atoms with Gasteiger partial charge >= 0.3 is 0 Å². The molecule has 0 radical (unpaired) electrons. The molecule has 0 saturated carbocycles. The minimum Gasteiger partial charge on any atom is -0.398 e. The molecule has 0 aromatic heterocycles. The van der Waals surface area contributed by atoms with Crippen molar-refractivity contribution < 1.29 is 13.9 Å². The van der Waals surface area contributed by atoms with Gasteiger partial charge in [0, 0.05) is 24.8 Å². The molecule has 0 amide bonds. The fourth-order valence-corrected chi connectivity index (χ4v) is 2.05. The lowest BCUT2D eigenvalue weighted by Crippen LogP contribution is -2.26. The number of hydrogen-bond acceptors (Lipinski definition) is 3. The maximum absolute atomic E-state index is 13.5. The molecule has 1 saturated heterocycles. The van der Waals surface area contributed by atoms with Gasteiger partial charge in [0.05, 0.1) is 5.56 Å². The second kappa shape index (κ2) is 4.35. The van der Waals surface area contributed by atoms with E-state index in [-0.39, 0.29) is 11.3 Å². The molecule has 2 rings (SSSR count). The summed E-state index contributed by atoms with van der Waals surface area (Å²) >= 11 is 0. The van der Waals surface area contributed by atoms with Crippen LogP contribution < -0.4 is 5.73 Å².